The highest BCUT2D eigenvalue weighted by Gasteiger charge is 2.33. The largest absolute Gasteiger partial charge is 0.485 e. The average Bonchev–Trinajstić information content (AvgIpc) is 2.94. The minimum atomic E-state index is -0.675. The molecule has 1 saturated heterocycles. The zero-order valence-corrected chi connectivity index (χ0v) is 23.9. The van der Waals surface area contributed by atoms with Gasteiger partial charge in [-0.25, -0.2) is 9.97 Å². The van der Waals surface area contributed by atoms with Gasteiger partial charge in [0, 0.05) is 43.3 Å². The van der Waals surface area contributed by atoms with Crippen LogP contribution < -0.4 is 20.1 Å². The molecule has 0 spiro atoms. The molecule has 0 saturated carbocycles. The van der Waals surface area contributed by atoms with Crippen LogP contribution in [0.4, 0.5) is 11.6 Å². The van der Waals surface area contributed by atoms with Crippen molar-refractivity contribution in [2.45, 2.75) is 33.8 Å². The number of nitrogens with zero attached hydrogens (tertiary/aromatic N) is 5. The first kappa shape index (κ1) is 27.3. The van der Waals surface area contributed by atoms with Gasteiger partial charge in [-0.3, -0.25) is 10.1 Å². The Morgan fingerprint density at radius 1 is 0.925 bits per heavy atom. The number of hydrogen-bond donors (Lipinski definition) is 2. The summed E-state index contributed by atoms with van der Waals surface area (Å²) in [4.78, 5) is 30.9. The van der Waals surface area contributed by atoms with E-state index in [0.29, 0.717) is 54.7 Å². The van der Waals surface area contributed by atoms with E-state index in [2.05, 4.69) is 38.5 Å². The summed E-state index contributed by atoms with van der Waals surface area (Å²) in [6, 6.07) is 15.3. The number of carbonyl (C=O) groups is 1. The Morgan fingerprint density at radius 2 is 1.60 bits per heavy atom. The summed E-state index contributed by atoms with van der Waals surface area (Å²) in [6.45, 7) is 10.2. The minimum Gasteiger partial charge on any atom is -0.485 e. The van der Waals surface area contributed by atoms with E-state index in [1.807, 2.05) is 63.2 Å². The second kappa shape index (κ2) is 11.9. The van der Waals surface area contributed by atoms with E-state index >= 15 is 0 Å². The van der Waals surface area contributed by atoms with E-state index < -0.39 is 6.10 Å². The maximum atomic E-state index is 13.3. The van der Waals surface area contributed by atoms with Gasteiger partial charge in [-0.1, -0.05) is 24.3 Å². The summed E-state index contributed by atoms with van der Waals surface area (Å²) in [5.74, 6) is 2.11. The molecule has 10 nitrogen and oxygen atoms in total. The molecule has 40 heavy (non-hydrogen) atoms. The van der Waals surface area contributed by atoms with Gasteiger partial charge < -0.3 is 24.6 Å². The number of benzene rings is 2. The fourth-order valence-electron chi connectivity index (χ4n) is 4.67. The van der Waals surface area contributed by atoms with Crippen molar-refractivity contribution in [1.29, 1.82) is 0 Å². The second-order valence-corrected chi connectivity index (χ2v) is 10.3. The van der Waals surface area contributed by atoms with Crippen LogP contribution in [-0.2, 0) is 4.79 Å². The molecule has 2 aliphatic heterocycles. The van der Waals surface area contributed by atoms with Crippen LogP contribution in [0.25, 0.3) is 0 Å². The predicted molar refractivity (Wildman–Crippen MR) is 159 cm³/mol. The molecular formula is C29H33N7O3S. The number of hydrogen-bond acceptors (Lipinski definition) is 6. The number of aliphatic imine (C=N–C) groups is 1. The van der Waals surface area contributed by atoms with E-state index in [9.17, 15) is 4.79 Å². The molecule has 5 rings (SSSR count). The standard InChI is InChI=1S/C29H33N7O3S/c1-18-8-7-9-22(21(18)4)32-29(40)34-28(33-27-30-19(2)16-20(3)31-27)36-14-12-35(13-15-36)26(37)25-17-38-23-10-5-6-11-24(23)39-25/h5-11,16,25H,12-15,17H2,1-4H3,(H2,30,31,32,33,34,40). The summed E-state index contributed by atoms with van der Waals surface area (Å²) >= 11 is 5.63. The number of anilines is 2. The molecule has 0 aliphatic carbocycles. The summed E-state index contributed by atoms with van der Waals surface area (Å²) in [6.07, 6.45) is -0.675. The van der Waals surface area contributed by atoms with Gasteiger partial charge in [-0.05, 0) is 75.3 Å². The van der Waals surface area contributed by atoms with Crippen molar-refractivity contribution < 1.29 is 14.3 Å². The third-order valence-corrected chi connectivity index (χ3v) is 7.13. The van der Waals surface area contributed by atoms with Crippen molar-refractivity contribution in [1.82, 2.24) is 19.8 Å². The highest BCUT2D eigenvalue weighted by Crippen LogP contribution is 2.31. The number of aromatic nitrogens is 2. The van der Waals surface area contributed by atoms with Crippen molar-refractivity contribution in [3.8, 4) is 11.5 Å². The van der Waals surface area contributed by atoms with E-state index in [4.69, 9.17) is 26.7 Å². The van der Waals surface area contributed by atoms with Gasteiger partial charge in [0.1, 0.15) is 6.61 Å². The van der Waals surface area contributed by atoms with Crippen molar-refractivity contribution >= 4 is 40.8 Å². The number of carbonyl (C=O) groups excluding carboxylic acids is 1. The number of thiocarbonyl (C=S) groups is 1. The Kier molecular flexibility index (Phi) is 8.11. The molecule has 2 aliphatic rings. The van der Waals surface area contributed by atoms with Crippen molar-refractivity contribution in [2.24, 2.45) is 4.99 Å². The van der Waals surface area contributed by atoms with Crippen molar-refractivity contribution in [2.75, 3.05) is 43.4 Å². The molecule has 1 atom stereocenters. The molecule has 1 amide bonds. The predicted octanol–water partition coefficient (Wildman–Crippen LogP) is 3.86. The molecule has 2 aromatic carbocycles. The fourth-order valence-corrected chi connectivity index (χ4v) is 4.87. The van der Waals surface area contributed by atoms with Gasteiger partial charge >= 0.3 is 0 Å². The van der Waals surface area contributed by atoms with Crippen LogP contribution in [0.5, 0.6) is 11.5 Å². The number of aryl methyl sites for hydroxylation is 3. The monoisotopic (exact) mass is 559 g/mol. The molecule has 1 fully saturated rings. The number of rotatable bonds is 3. The van der Waals surface area contributed by atoms with Gasteiger partial charge in [0.05, 0.1) is 0 Å². The molecule has 1 aromatic heterocycles. The third kappa shape index (κ3) is 6.31. The summed E-state index contributed by atoms with van der Waals surface area (Å²) in [5, 5.41) is 6.83. The van der Waals surface area contributed by atoms with Crippen LogP contribution in [-0.4, -0.2) is 75.6 Å². The molecule has 1 unspecified atom stereocenters. The zero-order valence-electron chi connectivity index (χ0n) is 23.1. The normalized spacial score (nSPS) is 16.9. The Morgan fingerprint density at radius 3 is 2.33 bits per heavy atom. The Hall–Kier alpha value is -4.25. The first-order chi connectivity index (χ1) is 19.3. The highest BCUT2D eigenvalue weighted by molar-refractivity contribution is 7.80. The summed E-state index contributed by atoms with van der Waals surface area (Å²) in [7, 11) is 0. The fraction of sp³-hybridized carbons (Fsp3) is 0.345. The van der Waals surface area contributed by atoms with Crippen LogP contribution in [0.2, 0.25) is 0 Å². The number of ether oxygens (including phenoxy) is 2. The lowest BCUT2D eigenvalue weighted by Crippen LogP contribution is -2.56. The van der Waals surface area contributed by atoms with Gasteiger partial charge in [-0.2, -0.15) is 4.99 Å². The first-order valence-corrected chi connectivity index (χ1v) is 13.6. The molecule has 0 bridgehead atoms. The van der Waals surface area contributed by atoms with Crippen molar-refractivity contribution in [3.63, 3.8) is 0 Å². The molecule has 3 aromatic rings. The molecule has 3 heterocycles. The first-order valence-electron chi connectivity index (χ1n) is 13.2. The van der Waals surface area contributed by atoms with Crippen LogP contribution in [0.3, 0.4) is 0 Å². The smallest absolute Gasteiger partial charge is 0.267 e. The van der Waals surface area contributed by atoms with E-state index in [0.717, 1.165) is 28.2 Å². The lowest BCUT2D eigenvalue weighted by molar-refractivity contribution is -0.142. The average molecular weight is 560 g/mol. The van der Waals surface area contributed by atoms with E-state index in [1.54, 1.807) is 4.90 Å². The number of guanidine groups is 1. The minimum absolute atomic E-state index is 0.0923. The summed E-state index contributed by atoms with van der Waals surface area (Å²) < 4.78 is 11.7. The number of piperazine rings is 1. The Labute approximate surface area is 239 Å². The van der Waals surface area contributed by atoms with Gasteiger partial charge in [0.15, 0.2) is 11.5 Å². The number of fused-ring (bicyclic) bond motifs is 1. The van der Waals surface area contributed by atoms with Gasteiger partial charge in [0.25, 0.3) is 5.91 Å². The molecule has 11 heteroatoms. The Bertz CT molecular complexity index is 1430. The van der Waals surface area contributed by atoms with Gasteiger partial charge in [0.2, 0.25) is 23.1 Å². The van der Waals surface area contributed by atoms with Gasteiger partial charge in [-0.15, -0.1) is 0 Å². The van der Waals surface area contributed by atoms with E-state index in [1.165, 1.54) is 0 Å². The molecule has 208 valence electrons. The second-order valence-electron chi connectivity index (χ2n) is 9.89. The van der Waals surface area contributed by atoms with Crippen LogP contribution >= 0.6 is 12.2 Å². The molecule has 0 radical (unpaired) electrons. The molecular weight excluding hydrogens is 526 g/mol. The zero-order chi connectivity index (χ0) is 28.2. The van der Waals surface area contributed by atoms with Crippen molar-refractivity contribution in [3.05, 3.63) is 71.0 Å². The molecule has 2 N–H and O–H groups in total. The van der Waals surface area contributed by atoms with Crippen LogP contribution in [0.1, 0.15) is 22.5 Å². The van der Waals surface area contributed by atoms with E-state index in [-0.39, 0.29) is 12.5 Å². The number of para-hydroxylation sites is 2. The number of nitrogens with one attached hydrogen (secondary N) is 2. The van der Waals surface area contributed by atoms with Crippen LogP contribution in [0.15, 0.2) is 53.5 Å². The third-order valence-electron chi connectivity index (χ3n) is 6.93. The van der Waals surface area contributed by atoms with Crippen LogP contribution in [0, 0.1) is 27.7 Å². The SMILES string of the molecule is Cc1cc(C)nc(N/C(=N/C(=S)Nc2cccc(C)c2C)N2CCN(C(=O)C3COc4ccccc4O3)CC2)n1. The maximum absolute atomic E-state index is 13.3. The lowest BCUT2D eigenvalue weighted by atomic mass is 10.1. The lowest BCUT2D eigenvalue weighted by Gasteiger charge is -2.38. The topological polar surface area (TPSA) is 104 Å². The Balaban J connectivity index is 1.30. The number of amides is 1. The highest BCUT2D eigenvalue weighted by atomic mass is 32.1. The maximum Gasteiger partial charge on any atom is 0.267 e. The summed E-state index contributed by atoms with van der Waals surface area (Å²) in [5.41, 5.74) is 4.86. The quantitative estimate of drug-likeness (QED) is 0.281.